The number of unbranched alkanes of at least 4 members (excludes halogenated alkanes) is 1. The number of rotatable bonds is 11. The molecule has 1 aromatic rings. The molecule has 1 atom stereocenters. The van der Waals surface area contributed by atoms with Gasteiger partial charge in [0.15, 0.2) is 0 Å². The molecule has 0 radical (unpaired) electrons. The van der Waals surface area contributed by atoms with Gasteiger partial charge in [-0.3, -0.25) is 0 Å². The van der Waals surface area contributed by atoms with Crippen LogP contribution in [0.15, 0.2) is 48.3 Å². The summed E-state index contributed by atoms with van der Waals surface area (Å²) in [7, 11) is 1.93. The molecule has 0 amide bonds. The molecule has 120 valence electrons. The van der Waals surface area contributed by atoms with Gasteiger partial charge in [0, 0.05) is 5.70 Å². The summed E-state index contributed by atoms with van der Waals surface area (Å²) in [5, 5.41) is 9.40. The Bertz CT molecular complexity index is 494. The van der Waals surface area contributed by atoms with E-state index in [4.69, 9.17) is 0 Å². The van der Waals surface area contributed by atoms with Crippen molar-refractivity contribution in [1.29, 1.82) is 0 Å². The molecular formula is C18H27N3O. The molecular weight excluding hydrogens is 274 g/mol. The highest BCUT2D eigenvalue weighted by Crippen LogP contribution is 2.17. The highest BCUT2D eigenvalue weighted by atomic mass is 16.3. The van der Waals surface area contributed by atoms with Crippen LogP contribution < -0.4 is 10.6 Å². The molecule has 1 unspecified atom stereocenters. The number of benzene rings is 1. The smallest absolute Gasteiger partial charge is 0.0999 e. The van der Waals surface area contributed by atoms with Crippen molar-refractivity contribution in [3.05, 3.63) is 59.2 Å². The number of hydrogen-bond donors (Lipinski definition) is 2. The van der Waals surface area contributed by atoms with E-state index >= 15 is 0 Å². The van der Waals surface area contributed by atoms with E-state index in [-0.39, 0.29) is 6.04 Å². The number of nitrogens with zero attached hydrogens (tertiary/aromatic N) is 1. The quantitative estimate of drug-likeness (QED) is 0.482. The molecule has 4 heteroatoms. The normalized spacial score (nSPS) is 11.7. The van der Waals surface area contributed by atoms with E-state index < -0.39 is 0 Å². The standard InChI is InChI=1S/C18H27N3O/c1-5-16-9-11-17(12-10-16)14(2)20-18(15(3)21-22)8-6-7-13-19-4/h9-12,18-20H,2-3,5-8,13H2,1,4H3. The number of nitrogens with one attached hydrogen (secondary N) is 2. The van der Waals surface area contributed by atoms with Crippen LogP contribution in [0.4, 0.5) is 0 Å². The average Bonchev–Trinajstić information content (AvgIpc) is 2.56. The second-order valence-electron chi connectivity index (χ2n) is 5.41. The molecule has 4 nitrogen and oxygen atoms in total. The third kappa shape index (κ3) is 5.82. The minimum Gasteiger partial charge on any atom is -0.377 e. The Morgan fingerprint density at radius 1 is 1.23 bits per heavy atom. The Balaban J connectivity index is 2.64. The lowest BCUT2D eigenvalue weighted by Gasteiger charge is -2.20. The molecule has 1 rings (SSSR count). The van der Waals surface area contributed by atoms with Crippen LogP contribution in [0.3, 0.4) is 0 Å². The average molecular weight is 301 g/mol. The van der Waals surface area contributed by atoms with Crippen LogP contribution >= 0.6 is 0 Å². The fraction of sp³-hybridized carbons (Fsp3) is 0.444. The van der Waals surface area contributed by atoms with E-state index in [2.05, 4.69) is 48.0 Å². The third-order valence-corrected chi connectivity index (χ3v) is 3.75. The first-order chi connectivity index (χ1) is 10.6. The lowest BCUT2D eigenvalue weighted by Crippen LogP contribution is -2.28. The number of nitroso groups, excluding NO2 is 1. The van der Waals surface area contributed by atoms with E-state index in [1.54, 1.807) is 0 Å². The maximum atomic E-state index is 10.8. The van der Waals surface area contributed by atoms with Crippen LogP contribution in [-0.2, 0) is 6.42 Å². The van der Waals surface area contributed by atoms with Gasteiger partial charge >= 0.3 is 0 Å². The van der Waals surface area contributed by atoms with Crippen molar-refractivity contribution in [1.82, 2.24) is 10.6 Å². The first kappa shape index (κ1) is 18.1. The minimum atomic E-state index is -0.160. The van der Waals surface area contributed by atoms with Gasteiger partial charge in [-0.05, 0) is 55.6 Å². The van der Waals surface area contributed by atoms with Gasteiger partial charge in [0.2, 0.25) is 0 Å². The maximum absolute atomic E-state index is 10.8. The highest BCUT2D eigenvalue weighted by Gasteiger charge is 2.14. The van der Waals surface area contributed by atoms with Crippen molar-refractivity contribution in [3.8, 4) is 0 Å². The van der Waals surface area contributed by atoms with Crippen molar-refractivity contribution in [2.24, 2.45) is 5.18 Å². The Morgan fingerprint density at radius 3 is 2.45 bits per heavy atom. The van der Waals surface area contributed by atoms with E-state index in [1.165, 1.54) is 5.56 Å². The first-order valence-electron chi connectivity index (χ1n) is 7.83. The summed E-state index contributed by atoms with van der Waals surface area (Å²) in [6.07, 6.45) is 3.88. The summed E-state index contributed by atoms with van der Waals surface area (Å²) in [6, 6.07) is 8.12. The molecule has 0 aromatic heterocycles. The van der Waals surface area contributed by atoms with Gasteiger partial charge in [0.25, 0.3) is 0 Å². The summed E-state index contributed by atoms with van der Waals surface area (Å²) in [5.41, 5.74) is 3.44. The predicted octanol–water partition coefficient (Wildman–Crippen LogP) is 3.85. The summed E-state index contributed by atoms with van der Waals surface area (Å²) >= 11 is 0. The molecule has 0 aliphatic carbocycles. The Hall–Kier alpha value is -1.94. The van der Waals surface area contributed by atoms with Crippen LogP contribution in [0.2, 0.25) is 0 Å². The van der Waals surface area contributed by atoms with Gasteiger partial charge in [-0.2, -0.15) is 0 Å². The van der Waals surface area contributed by atoms with Gasteiger partial charge in [-0.1, -0.05) is 44.3 Å². The second-order valence-corrected chi connectivity index (χ2v) is 5.41. The number of hydrogen-bond acceptors (Lipinski definition) is 4. The first-order valence-corrected chi connectivity index (χ1v) is 7.83. The van der Waals surface area contributed by atoms with Gasteiger partial charge in [-0.25, -0.2) is 0 Å². The van der Waals surface area contributed by atoms with E-state index in [9.17, 15) is 4.91 Å². The fourth-order valence-electron chi connectivity index (χ4n) is 2.27. The topological polar surface area (TPSA) is 53.5 Å². The lowest BCUT2D eigenvalue weighted by molar-refractivity contribution is 0.557. The van der Waals surface area contributed by atoms with Crippen LogP contribution in [0, 0.1) is 4.91 Å². The Kier molecular flexibility index (Phi) is 8.15. The SMILES string of the molecule is C=C(NC(CCCCNC)C(=C)N=O)c1ccc(CC)cc1. The zero-order valence-electron chi connectivity index (χ0n) is 13.7. The molecule has 0 saturated heterocycles. The van der Waals surface area contributed by atoms with E-state index in [0.717, 1.165) is 43.5 Å². The van der Waals surface area contributed by atoms with Gasteiger partial charge in [0.1, 0.15) is 0 Å². The van der Waals surface area contributed by atoms with Crippen LogP contribution in [-0.4, -0.2) is 19.6 Å². The van der Waals surface area contributed by atoms with Crippen molar-refractivity contribution in [3.63, 3.8) is 0 Å². The van der Waals surface area contributed by atoms with Crippen molar-refractivity contribution < 1.29 is 0 Å². The molecule has 0 saturated carbocycles. The summed E-state index contributed by atoms with van der Waals surface area (Å²) < 4.78 is 0. The van der Waals surface area contributed by atoms with Gasteiger partial charge in [-0.15, -0.1) is 4.91 Å². The maximum Gasteiger partial charge on any atom is 0.0999 e. The second kappa shape index (κ2) is 9.90. The largest absolute Gasteiger partial charge is 0.377 e. The fourth-order valence-corrected chi connectivity index (χ4v) is 2.27. The minimum absolute atomic E-state index is 0.160. The summed E-state index contributed by atoms with van der Waals surface area (Å²) in [6.45, 7) is 10.9. The molecule has 0 heterocycles. The molecule has 0 aliphatic rings. The van der Waals surface area contributed by atoms with E-state index in [1.807, 2.05) is 19.2 Å². The zero-order chi connectivity index (χ0) is 16.4. The Morgan fingerprint density at radius 2 is 1.91 bits per heavy atom. The summed E-state index contributed by atoms with van der Waals surface area (Å²) in [5.74, 6) is 0. The molecule has 1 aromatic carbocycles. The monoisotopic (exact) mass is 301 g/mol. The van der Waals surface area contributed by atoms with Gasteiger partial charge in [0.05, 0.1) is 11.7 Å². The molecule has 22 heavy (non-hydrogen) atoms. The van der Waals surface area contributed by atoms with Crippen molar-refractivity contribution >= 4 is 5.70 Å². The Labute approximate surface area is 133 Å². The van der Waals surface area contributed by atoms with Crippen LogP contribution in [0.1, 0.15) is 37.3 Å². The molecule has 0 spiro atoms. The molecule has 0 fully saturated rings. The van der Waals surface area contributed by atoms with Gasteiger partial charge < -0.3 is 10.6 Å². The van der Waals surface area contributed by atoms with Crippen molar-refractivity contribution in [2.45, 2.75) is 38.6 Å². The van der Waals surface area contributed by atoms with Crippen LogP contribution in [0.25, 0.3) is 5.70 Å². The molecule has 0 aliphatic heterocycles. The number of aryl methyl sites for hydroxylation is 1. The third-order valence-electron chi connectivity index (χ3n) is 3.75. The zero-order valence-corrected chi connectivity index (χ0v) is 13.7. The summed E-state index contributed by atoms with van der Waals surface area (Å²) in [4.78, 5) is 10.8. The van der Waals surface area contributed by atoms with Crippen LogP contribution in [0.5, 0.6) is 0 Å². The lowest BCUT2D eigenvalue weighted by atomic mass is 10.0. The van der Waals surface area contributed by atoms with E-state index in [0.29, 0.717) is 5.70 Å². The highest BCUT2D eigenvalue weighted by molar-refractivity contribution is 5.62. The molecule has 0 bridgehead atoms. The van der Waals surface area contributed by atoms with Crippen molar-refractivity contribution in [2.75, 3.05) is 13.6 Å². The predicted molar refractivity (Wildman–Crippen MR) is 94.5 cm³/mol. The molecule has 2 N–H and O–H groups in total.